The molecule has 0 aliphatic carbocycles. The number of carbonyl (C=O) groups is 2. The van der Waals surface area contributed by atoms with Crippen LogP contribution in [0.25, 0.3) is 0 Å². The van der Waals surface area contributed by atoms with Gasteiger partial charge in [-0.1, -0.05) is 15.9 Å². The maximum absolute atomic E-state index is 12.3. The fourth-order valence-corrected chi connectivity index (χ4v) is 3.74. The lowest BCUT2D eigenvalue weighted by Gasteiger charge is -2.32. The Kier molecular flexibility index (Phi) is 6.21. The van der Waals surface area contributed by atoms with E-state index in [1.54, 1.807) is 11.0 Å². The maximum atomic E-state index is 12.3. The number of hydrogen-bond acceptors (Lipinski definition) is 4. The van der Waals surface area contributed by atoms with E-state index < -0.39 is 11.6 Å². The first kappa shape index (κ1) is 20.6. The molecule has 1 saturated heterocycles. The molecule has 1 unspecified atom stereocenters. The van der Waals surface area contributed by atoms with Gasteiger partial charge in [-0.05, 0) is 58.7 Å². The van der Waals surface area contributed by atoms with Crippen molar-refractivity contribution in [3.05, 3.63) is 27.7 Å². The maximum Gasteiger partial charge on any atom is 0.410 e. The second-order valence-electron chi connectivity index (χ2n) is 7.56. The van der Waals surface area contributed by atoms with Crippen LogP contribution >= 0.6 is 15.9 Å². The van der Waals surface area contributed by atoms with Gasteiger partial charge in [-0.25, -0.2) is 9.59 Å². The number of hydrogen-bond donors (Lipinski definition) is 1. The highest BCUT2D eigenvalue weighted by atomic mass is 79.9. The number of halogens is 1. The molecular weight excluding hydrogens is 400 g/mol. The average Bonchev–Trinajstić information content (AvgIpc) is 2.99. The lowest BCUT2D eigenvalue weighted by atomic mass is 10.0. The number of likely N-dealkylation sites (tertiary alicyclic amines) is 1. The van der Waals surface area contributed by atoms with Gasteiger partial charge in [0.25, 0.3) is 0 Å². The van der Waals surface area contributed by atoms with Gasteiger partial charge in [0.2, 0.25) is 0 Å². The van der Waals surface area contributed by atoms with Gasteiger partial charge in [-0.2, -0.15) is 0 Å². The third kappa shape index (κ3) is 4.69. The molecule has 1 aromatic carbocycles. The molecule has 1 fully saturated rings. The van der Waals surface area contributed by atoms with E-state index in [9.17, 15) is 14.7 Å². The zero-order valence-corrected chi connectivity index (χ0v) is 17.6. The first-order chi connectivity index (χ1) is 12.0. The van der Waals surface area contributed by atoms with Crippen LogP contribution in [0, 0.1) is 6.92 Å². The summed E-state index contributed by atoms with van der Waals surface area (Å²) in [6, 6.07) is 3.69. The van der Waals surface area contributed by atoms with Crippen molar-refractivity contribution in [3.63, 3.8) is 0 Å². The molecule has 0 saturated carbocycles. The Hall–Kier alpha value is -1.76. The minimum atomic E-state index is -0.942. The number of benzene rings is 1. The van der Waals surface area contributed by atoms with Crippen molar-refractivity contribution in [2.45, 2.75) is 52.7 Å². The van der Waals surface area contributed by atoms with Gasteiger partial charge in [0.1, 0.15) is 5.60 Å². The predicted molar refractivity (Wildman–Crippen MR) is 105 cm³/mol. The molecule has 2 rings (SSSR count). The average molecular weight is 427 g/mol. The van der Waals surface area contributed by atoms with Gasteiger partial charge < -0.3 is 19.6 Å². The molecular formula is C19H27BrN2O4. The van der Waals surface area contributed by atoms with Crippen LogP contribution in [0.1, 0.15) is 50.0 Å². The molecule has 1 amide bonds. The molecule has 1 aliphatic heterocycles. The quantitative estimate of drug-likeness (QED) is 0.777. The SMILES string of the molecule is CCN(c1cc(Br)cc(C(=O)O)c1C)C1CCN(C(=O)OC(C)(C)C)C1. The van der Waals surface area contributed by atoms with Gasteiger partial charge in [-0.15, -0.1) is 0 Å². The number of carboxylic acid groups (broad SMARTS) is 1. The van der Waals surface area contributed by atoms with E-state index in [0.717, 1.165) is 28.7 Å². The molecule has 0 radical (unpaired) electrons. The van der Waals surface area contributed by atoms with Crippen molar-refractivity contribution in [3.8, 4) is 0 Å². The van der Waals surface area contributed by atoms with E-state index in [0.29, 0.717) is 13.1 Å². The summed E-state index contributed by atoms with van der Waals surface area (Å²) in [4.78, 5) is 27.7. The highest BCUT2D eigenvalue weighted by molar-refractivity contribution is 9.10. The van der Waals surface area contributed by atoms with Crippen LogP contribution in [0.2, 0.25) is 0 Å². The predicted octanol–water partition coefficient (Wildman–Crippen LogP) is 4.29. The molecule has 1 atom stereocenters. The minimum absolute atomic E-state index is 0.127. The van der Waals surface area contributed by atoms with Crippen LogP contribution in [0.15, 0.2) is 16.6 Å². The van der Waals surface area contributed by atoms with E-state index >= 15 is 0 Å². The summed E-state index contributed by atoms with van der Waals surface area (Å²) in [6.07, 6.45) is 0.523. The van der Waals surface area contributed by atoms with Crippen molar-refractivity contribution in [2.24, 2.45) is 0 Å². The molecule has 26 heavy (non-hydrogen) atoms. The van der Waals surface area contributed by atoms with Crippen LogP contribution in [-0.2, 0) is 4.74 Å². The summed E-state index contributed by atoms with van der Waals surface area (Å²) in [5.74, 6) is -0.942. The molecule has 1 heterocycles. The fourth-order valence-electron chi connectivity index (χ4n) is 3.30. The Morgan fingerprint density at radius 3 is 2.58 bits per heavy atom. The molecule has 7 heteroatoms. The normalized spacial score (nSPS) is 17.3. The topological polar surface area (TPSA) is 70.1 Å². The summed E-state index contributed by atoms with van der Waals surface area (Å²) in [6.45, 7) is 11.4. The molecule has 1 N–H and O–H groups in total. The molecule has 1 aromatic rings. The first-order valence-electron chi connectivity index (χ1n) is 8.81. The largest absolute Gasteiger partial charge is 0.478 e. The summed E-state index contributed by atoms with van der Waals surface area (Å²) >= 11 is 3.42. The highest BCUT2D eigenvalue weighted by Crippen LogP contribution is 2.32. The van der Waals surface area contributed by atoms with E-state index in [-0.39, 0.29) is 17.7 Å². The van der Waals surface area contributed by atoms with Crippen molar-refractivity contribution < 1.29 is 19.4 Å². The summed E-state index contributed by atoms with van der Waals surface area (Å²) in [7, 11) is 0. The second kappa shape index (κ2) is 7.86. The lowest BCUT2D eigenvalue weighted by molar-refractivity contribution is 0.0292. The van der Waals surface area contributed by atoms with Crippen molar-refractivity contribution >= 4 is 33.7 Å². The Balaban J connectivity index is 2.23. The number of nitrogens with zero attached hydrogens (tertiary/aromatic N) is 2. The number of carboxylic acids is 1. The zero-order valence-electron chi connectivity index (χ0n) is 16.0. The van der Waals surface area contributed by atoms with E-state index in [2.05, 4.69) is 20.8 Å². The minimum Gasteiger partial charge on any atom is -0.478 e. The van der Waals surface area contributed by atoms with Crippen LogP contribution < -0.4 is 4.90 Å². The number of aromatic carboxylic acids is 1. The Morgan fingerprint density at radius 2 is 2.04 bits per heavy atom. The van der Waals surface area contributed by atoms with Gasteiger partial charge in [0.05, 0.1) is 5.56 Å². The van der Waals surface area contributed by atoms with Crippen LogP contribution in [0.3, 0.4) is 0 Å². The molecule has 0 bridgehead atoms. The van der Waals surface area contributed by atoms with E-state index in [4.69, 9.17) is 4.74 Å². The lowest BCUT2D eigenvalue weighted by Crippen LogP contribution is -2.41. The third-order valence-corrected chi connectivity index (χ3v) is 4.94. The van der Waals surface area contributed by atoms with Crippen molar-refractivity contribution in [2.75, 3.05) is 24.5 Å². The second-order valence-corrected chi connectivity index (χ2v) is 8.47. The zero-order chi connectivity index (χ0) is 19.6. The van der Waals surface area contributed by atoms with Crippen molar-refractivity contribution in [1.82, 2.24) is 4.90 Å². The van der Waals surface area contributed by atoms with E-state index in [1.807, 2.05) is 40.7 Å². The van der Waals surface area contributed by atoms with Crippen LogP contribution in [0.5, 0.6) is 0 Å². The molecule has 0 aromatic heterocycles. The number of anilines is 1. The van der Waals surface area contributed by atoms with Crippen molar-refractivity contribution in [1.29, 1.82) is 0 Å². The first-order valence-corrected chi connectivity index (χ1v) is 9.60. The molecule has 0 spiro atoms. The fraction of sp³-hybridized carbons (Fsp3) is 0.579. The molecule has 144 valence electrons. The Bertz CT molecular complexity index is 700. The van der Waals surface area contributed by atoms with E-state index in [1.165, 1.54) is 0 Å². The smallest absolute Gasteiger partial charge is 0.410 e. The highest BCUT2D eigenvalue weighted by Gasteiger charge is 2.33. The molecule has 6 nitrogen and oxygen atoms in total. The third-order valence-electron chi connectivity index (χ3n) is 4.48. The van der Waals surface area contributed by atoms with Gasteiger partial charge in [0, 0.05) is 35.8 Å². The summed E-state index contributed by atoms with van der Waals surface area (Å²) < 4.78 is 6.20. The van der Waals surface area contributed by atoms with Gasteiger partial charge >= 0.3 is 12.1 Å². The summed E-state index contributed by atoms with van der Waals surface area (Å²) in [5.41, 5.74) is 1.39. The monoisotopic (exact) mass is 426 g/mol. The van der Waals surface area contributed by atoms with Gasteiger partial charge in [0.15, 0.2) is 0 Å². The number of carbonyl (C=O) groups excluding carboxylic acids is 1. The number of amides is 1. The summed E-state index contributed by atoms with van der Waals surface area (Å²) in [5, 5.41) is 9.45. The Morgan fingerprint density at radius 1 is 1.38 bits per heavy atom. The number of ether oxygens (including phenoxy) is 1. The molecule has 1 aliphatic rings. The van der Waals surface area contributed by atoms with Gasteiger partial charge in [-0.3, -0.25) is 0 Å². The standard InChI is InChI=1S/C19H27BrN2O4/c1-6-22(16-10-13(20)9-15(12(16)2)17(23)24)14-7-8-21(11-14)18(25)26-19(3,4)5/h9-10,14H,6-8,11H2,1-5H3,(H,23,24). The number of likely N-dealkylation sites (N-methyl/N-ethyl adjacent to an activating group) is 1. The van der Waals surface area contributed by atoms with Crippen LogP contribution in [-0.4, -0.2) is 53.3 Å². The van der Waals surface area contributed by atoms with Crippen LogP contribution in [0.4, 0.5) is 10.5 Å². The Labute approximate surface area is 163 Å². The number of rotatable bonds is 4.